The van der Waals surface area contributed by atoms with Gasteiger partial charge in [-0.05, 0) is 55.8 Å². The number of methoxy groups -OCH3 is 1. The van der Waals surface area contributed by atoms with E-state index >= 15 is 0 Å². The van der Waals surface area contributed by atoms with Gasteiger partial charge in [-0.1, -0.05) is 30.3 Å². The minimum Gasteiger partial charge on any atom is -0.494 e. The van der Waals surface area contributed by atoms with E-state index in [-0.39, 0.29) is 16.2 Å². The number of ether oxygens (including phenoxy) is 1. The summed E-state index contributed by atoms with van der Waals surface area (Å²) in [6.45, 7) is 3.75. The molecule has 0 aliphatic rings. The summed E-state index contributed by atoms with van der Waals surface area (Å²) in [5, 5.41) is 3.07. The fraction of sp³-hybridized carbons (Fsp3) is 0.120. The van der Waals surface area contributed by atoms with E-state index < -0.39 is 10.0 Å². The first-order chi connectivity index (χ1) is 16.3. The molecule has 1 heterocycles. The maximum atomic E-state index is 13.0. The van der Waals surface area contributed by atoms with Crippen LogP contribution in [0.4, 0.5) is 11.4 Å². The molecule has 0 atom stereocenters. The Kier molecular flexibility index (Phi) is 6.38. The molecular weight excluding hydrogens is 452 g/mol. The van der Waals surface area contributed by atoms with Crippen molar-refractivity contribution in [3.05, 3.63) is 100.0 Å². The molecule has 3 aromatic carbocycles. The number of aliphatic imine (C=N–C) groups is 1. The second kappa shape index (κ2) is 9.40. The van der Waals surface area contributed by atoms with Crippen molar-refractivity contribution in [1.82, 2.24) is 9.78 Å². The Labute approximate surface area is 197 Å². The molecule has 2 N–H and O–H groups in total. The average molecular weight is 477 g/mol. The molecular formula is C25H24N4O4S. The average Bonchev–Trinajstić information content (AvgIpc) is 3.11. The number of nitrogens with one attached hydrogen (secondary N) is 2. The number of sulfonamides is 1. The molecule has 9 heteroatoms. The van der Waals surface area contributed by atoms with E-state index in [1.165, 1.54) is 36.2 Å². The topological polar surface area (TPSA) is 106 Å². The Morgan fingerprint density at radius 2 is 1.76 bits per heavy atom. The molecule has 0 aliphatic carbocycles. The molecule has 8 nitrogen and oxygen atoms in total. The van der Waals surface area contributed by atoms with Gasteiger partial charge in [0, 0.05) is 23.7 Å². The minimum absolute atomic E-state index is 0.0341. The molecule has 0 fully saturated rings. The van der Waals surface area contributed by atoms with Crippen LogP contribution in [0, 0.1) is 13.8 Å². The van der Waals surface area contributed by atoms with Crippen LogP contribution < -0.4 is 15.0 Å². The maximum absolute atomic E-state index is 13.0. The van der Waals surface area contributed by atoms with Gasteiger partial charge in [-0.15, -0.1) is 0 Å². The fourth-order valence-electron chi connectivity index (χ4n) is 3.45. The molecule has 0 bridgehead atoms. The first-order valence-electron chi connectivity index (χ1n) is 10.5. The van der Waals surface area contributed by atoms with Crippen LogP contribution in [0.3, 0.4) is 0 Å². The van der Waals surface area contributed by atoms with Gasteiger partial charge >= 0.3 is 0 Å². The van der Waals surface area contributed by atoms with E-state index in [4.69, 9.17) is 4.74 Å². The Bertz CT molecular complexity index is 1520. The molecule has 0 unspecified atom stereocenters. The third-order valence-electron chi connectivity index (χ3n) is 5.20. The number of para-hydroxylation sites is 1. The van der Waals surface area contributed by atoms with Crippen LogP contribution in [0.2, 0.25) is 0 Å². The Hall–Kier alpha value is -4.11. The van der Waals surface area contributed by atoms with Crippen LogP contribution >= 0.6 is 0 Å². The number of benzene rings is 3. The van der Waals surface area contributed by atoms with Crippen LogP contribution in [-0.2, 0) is 10.0 Å². The second-order valence-electron chi connectivity index (χ2n) is 7.69. The van der Waals surface area contributed by atoms with Crippen LogP contribution in [0.5, 0.6) is 5.75 Å². The number of aromatic nitrogens is 2. The largest absolute Gasteiger partial charge is 0.494 e. The Morgan fingerprint density at radius 3 is 2.47 bits per heavy atom. The van der Waals surface area contributed by atoms with Crippen molar-refractivity contribution in [2.45, 2.75) is 18.7 Å². The standard InChI is InChI=1S/C25H24N4O4S/c1-17-8-7-11-20(14-17)29-25(30)22(18(2)27-29)16-26-23-13-12-21(15-24(23)33-3)34(31,32)28-19-9-5-4-6-10-19/h4-16,27-28H,1-3H3. The van der Waals surface area contributed by atoms with Crippen molar-refractivity contribution in [2.24, 2.45) is 4.99 Å². The molecule has 34 heavy (non-hydrogen) atoms. The SMILES string of the molecule is COc1cc(S(=O)(=O)Nc2ccccc2)ccc1N=Cc1c(C)[nH]n(-c2cccc(C)c2)c1=O. The number of hydrogen-bond acceptors (Lipinski definition) is 5. The lowest BCUT2D eigenvalue weighted by atomic mass is 10.2. The van der Waals surface area contributed by atoms with E-state index in [0.717, 1.165) is 11.3 Å². The molecule has 0 spiro atoms. The van der Waals surface area contributed by atoms with Crippen molar-refractivity contribution in [2.75, 3.05) is 11.8 Å². The lowest BCUT2D eigenvalue weighted by Gasteiger charge is -2.10. The van der Waals surface area contributed by atoms with Crippen molar-refractivity contribution in [1.29, 1.82) is 0 Å². The van der Waals surface area contributed by atoms with Gasteiger partial charge in [-0.3, -0.25) is 19.6 Å². The van der Waals surface area contributed by atoms with E-state index in [1.807, 2.05) is 31.2 Å². The normalized spacial score (nSPS) is 11.6. The summed E-state index contributed by atoms with van der Waals surface area (Å²) in [5.41, 5.74) is 3.42. The first kappa shape index (κ1) is 23.1. The molecule has 4 aromatic rings. The number of nitrogens with zero attached hydrogens (tertiary/aromatic N) is 2. The van der Waals surface area contributed by atoms with E-state index in [2.05, 4.69) is 14.8 Å². The minimum atomic E-state index is -3.81. The number of aryl methyl sites for hydroxylation is 2. The Balaban J connectivity index is 1.64. The van der Waals surface area contributed by atoms with Crippen molar-refractivity contribution >= 4 is 27.6 Å². The monoisotopic (exact) mass is 476 g/mol. The Morgan fingerprint density at radius 1 is 1.00 bits per heavy atom. The van der Waals surface area contributed by atoms with Gasteiger partial charge in [-0.2, -0.15) is 0 Å². The summed E-state index contributed by atoms with van der Waals surface area (Å²) >= 11 is 0. The second-order valence-corrected chi connectivity index (χ2v) is 9.38. The van der Waals surface area contributed by atoms with Gasteiger partial charge in [0.25, 0.3) is 15.6 Å². The lowest BCUT2D eigenvalue weighted by Crippen LogP contribution is -2.17. The van der Waals surface area contributed by atoms with Crippen molar-refractivity contribution in [3.63, 3.8) is 0 Å². The van der Waals surface area contributed by atoms with E-state index in [9.17, 15) is 13.2 Å². The third kappa shape index (κ3) is 4.79. The van der Waals surface area contributed by atoms with Crippen LogP contribution in [0.15, 0.2) is 87.5 Å². The number of rotatable bonds is 7. The number of aromatic amines is 1. The summed E-state index contributed by atoms with van der Waals surface area (Å²) in [6, 6.07) is 20.6. The highest BCUT2D eigenvalue weighted by molar-refractivity contribution is 7.92. The van der Waals surface area contributed by atoms with Crippen LogP contribution in [0.1, 0.15) is 16.8 Å². The van der Waals surface area contributed by atoms with Crippen molar-refractivity contribution < 1.29 is 13.2 Å². The van der Waals surface area contributed by atoms with Gasteiger partial charge in [-0.25, -0.2) is 13.1 Å². The fourth-order valence-corrected chi connectivity index (χ4v) is 4.52. The first-order valence-corrected chi connectivity index (χ1v) is 12.0. The summed E-state index contributed by atoms with van der Waals surface area (Å²) in [5.74, 6) is 0.263. The number of H-pyrrole nitrogens is 1. The highest BCUT2D eigenvalue weighted by Crippen LogP contribution is 2.30. The quantitative estimate of drug-likeness (QED) is 0.387. The predicted molar refractivity (Wildman–Crippen MR) is 133 cm³/mol. The summed E-state index contributed by atoms with van der Waals surface area (Å²) in [6.07, 6.45) is 1.45. The third-order valence-corrected chi connectivity index (χ3v) is 6.58. The highest BCUT2D eigenvalue weighted by atomic mass is 32.2. The lowest BCUT2D eigenvalue weighted by molar-refractivity contribution is 0.415. The highest BCUT2D eigenvalue weighted by Gasteiger charge is 2.17. The zero-order chi connectivity index (χ0) is 24.3. The maximum Gasteiger partial charge on any atom is 0.280 e. The van der Waals surface area contributed by atoms with Gasteiger partial charge in [0.15, 0.2) is 0 Å². The molecule has 0 saturated heterocycles. The van der Waals surface area contributed by atoms with Crippen LogP contribution in [0.25, 0.3) is 5.69 Å². The smallest absolute Gasteiger partial charge is 0.280 e. The molecule has 174 valence electrons. The zero-order valence-electron chi connectivity index (χ0n) is 18.9. The van der Waals surface area contributed by atoms with Gasteiger partial charge < -0.3 is 4.74 Å². The van der Waals surface area contributed by atoms with Crippen molar-refractivity contribution in [3.8, 4) is 11.4 Å². The molecule has 0 aliphatic heterocycles. The van der Waals surface area contributed by atoms with E-state index in [1.54, 1.807) is 37.3 Å². The molecule has 1 aromatic heterocycles. The number of anilines is 1. The zero-order valence-corrected chi connectivity index (χ0v) is 19.8. The van der Waals surface area contributed by atoms with E-state index in [0.29, 0.717) is 22.6 Å². The number of hydrogen-bond donors (Lipinski definition) is 2. The summed E-state index contributed by atoms with van der Waals surface area (Å²) in [7, 11) is -2.38. The van der Waals surface area contributed by atoms with Gasteiger partial charge in [0.2, 0.25) is 0 Å². The molecule has 0 radical (unpaired) electrons. The summed E-state index contributed by atoms with van der Waals surface area (Å²) in [4.78, 5) is 17.4. The molecule has 4 rings (SSSR count). The molecule has 0 amide bonds. The van der Waals surface area contributed by atoms with Crippen LogP contribution in [-0.4, -0.2) is 31.5 Å². The van der Waals surface area contributed by atoms with Gasteiger partial charge in [0.05, 0.1) is 23.3 Å². The summed E-state index contributed by atoms with van der Waals surface area (Å²) < 4.78 is 34.9. The molecule has 0 saturated carbocycles. The predicted octanol–water partition coefficient (Wildman–Crippen LogP) is 4.34. The van der Waals surface area contributed by atoms with Gasteiger partial charge in [0.1, 0.15) is 11.4 Å².